The molecule has 0 unspecified atom stereocenters. The maximum absolute atomic E-state index is 13.1. The summed E-state index contributed by atoms with van der Waals surface area (Å²) < 4.78 is 33.4. The number of piperidine rings is 1. The molecule has 1 fully saturated rings. The summed E-state index contributed by atoms with van der Waals surface area (Å²) in [4.78, 5) is 17.2. The Morgan fingerprint density at radius 1 is 1.10 bits per heavy atom. The molecule has 0 atom stereocenters. The number of carbonyl (C=O) groups is 1. The highest BCUT2D eigenvalue weighted by atomic mass is 32.2. The number of rotatable bonds is 6. The van der Waals surface area contributed by atoms with Crippen LogP contribution in [0.3, 0.4) is 0 Å². The smallest absolute Gasteiger partial charge is 0.261 e. The minimum Gasteiger partial charge on any atom is -0.497 e. The quantitative estimate of drug-likeness (QED) is 0.761. The molecule has 2 aromatic rings. The molecule has 8 heteroatoms. The first-order valence-electron chi connectivity index (χ1n) is 9.94. The molecule has 1 aliphatic rings. The Balaban J connectivity index is 1.79. The Bertz CT molecular complexity index is 996. The number of anilines is 1. The van der Waals surface area contributed by atoms with Crippen LogP contribution in [0.15, 0.2) is 47.4 Å². The van der Waals surface area contributed by atoms with Crippen LogP contribution in [-0.4, -0.2) is 64.5 Å². The molecule has 30 heavy (non-hydrogen) atoms. The lowest BCUT2D eigenvalue weighted by Crippen LogP contribution is -2.44. The molecule has 1 aliphatic heterocycles. The fourth-order valence-corrected chi connectivity index (χ4v) is 4.71. The summed E-state index contributed by atoms with van der Waals surface area (Å²) >= 11 is 0. The van der Waals surface area contributed by atoms with Gasteiger partial charge in [-0.2, -0.15) is 0 Å². The van der Waals surface area contributed by atoms with Gasteiger partial charge in [0.05, 0.1) is 12.0 Å². The summed E-state index contributed by atoms with van der Waals surface area (Å²) in [6.45, 7) is 3.16. The molecular formula is C22H29N3O4S. The average molecular weight is 432 g/mol. The summed E-state index contributed by atoms with van der Waals surface area (Å²) in [5.41, 5.74) is 1.61. The van der Waals surface area contributed by atoms with Crippen LogP contribution in [0.5, 0.6) is 5.75 Å². The first kappa shape index (κ1) is 22.1. The fraction of sp³-hybridized carbons (Fsp3) is 0.409. The zero-order chi connectivity index (χ0) is 21.9. The molecule has 0 bridgehead atoms. The van der Waals surface area contributed by atoms with Gasteiger partial charge in [-0.3, -0.25) is 9.52 Å². The van der Waals surface area contributed by atoms with Crippen molar-refractivity contribution >= 4 is 21.6 Å². The van der Waals surface area contributed by atoms with Crippen LogP contribution in [0.4, 0.5) is 5.69 Å². The van der Waals surface area contributed by atoms with Gasteiger partial charge in [-0.15, -0.1) is 0 Å². The number of nitrogens with one attached hydrogen (secondary N) is 1. The molecule has 1 heterocycles. The summed E-state index contributed by atoms with van der Waals surface area (Å²) in [5.74, 6) is 0.519. The average Bonchev–Trinajstić information content (AvgIpc) is 2.73. The van der Waals surface area contributed by atoms with Crippen molar-refractivity contribution < 1.29 is 17.9 Å². The van der Waals surface area contributed by atoms with E-state index in [9.17, 15) is 13.2 Å². The monoisotopic (exact) mass is 431 g/mol. The van der Waals surface area contributed by atoms with Crippen molar-refractivity contribution in [2.75, 3.05) is 39.0 Å². The molecule has 0 radical (unpaired) electrons. The third-order valence-corrected chi connectivity index (χ3v) is 6.95. The van der Waals surface area contributed by atoms with E-state index in [0.29, 0.717) is 36.1 Å². The second-order valence-corrected chi connectivity index (χ2v) is 9.48. The minimum absolute atomic E-state index is 0.0652. The van der Waals surface area contributed by atoms with Crippen molar-refractivity contribution in [1.82, 2.24) is 9.80 Å². The topological polar surface area (TPSA) is 78.9 Å². The number of carbonyl (C=O) groups excluding carboxylic acids is 1. The molecule has 3 rings (SSSR count). The van der Waals surface area contributed by atoms with E-state index in [1.807, 2.05) is 11.8 Å². The molecule has 0 aliphatic carbocycles. The molecule has 1 amide bonds. The predicted octanol–water partition coefficient (Wildman–Crippen LogP) is 2.97. The van der Waals surface area contributed by atoms with Crippen molar-refractivity contribution in [2.24, 2.45) is 0 Å². The first-order chi connectivity index (χ1) is 14.2. The van der Waals surface area contributed by atoms with E-state index in [1.165, 1.54) is 12.1 Å². The minimum atomic E-state index is -3.82. The summed E-state index contributed by atoms with van der Waals surface area (Å²) in [6.07, 6.45) is 1.82. The van der Waals surface area contributed by atoms with E-state index in [0.717, 1.165) is 18.4 Å². The van der Waals surface area contributed by atoms with Gasteiger partial charge >= 0.3 is 0 Å². The highest BCUT2D eigenvalue weighted by Crippen LogP contribution is 2.23. The Labute approximate surface area is 178 Å². The van der Waals surface area contributed by atoms with E-state index < -0.39 is 10.0 Å². The van der Waals surface area contributed by atoms with E-state index in [2.05, 4.69) is 23.7 Å². The Morgan fingerprint density at radius 3 is 2.30 bits per heavy atom. The van der Waals surface area contributed by atoms with Gasteiger partial charge < -0.3 is 14.5 Å². The zero-order valence-corrected chi connectivity index (χ0v) is 18.7. The van der Waals surface area contributed by atoms with Crippen molar-refractivity contribution in [3.8, 4) is 5.75 Å². The third kappa shape index (κ3) is 4.94. The molecule has 0 aromatic heterocycles. The van der Waals surface area contributed by atoms with E-state index >= 15 is 0 Å². The van der Waals surface area contributed by atoms with Gasteiger partial charge in [0.25, 0.3) is 15.9 Å². The molecule has 1 N–H and O–H groups in total. The number of ether oxygens (including phenoxy) is 1. The van der Waals surface area contributed by atoms with Crippen LogP contribution >= 0.6 is 0 Å². The van der Waals surface area contributed by atoms with Gasteiger partial charge in [0.15, 0.2) is 0 Å². The molecular weight excluding hydrogens is 402 g/mol. The molecule has 0 spiro atoms. The lowest BCUT2D eigenvalue weighted by Gasteiger charge is -2.35. The summed E-state index contributed by atoms with van der Waals surface area (Å²) in [5, 5.41) is 0. The first-order valence-corrected chi connectivity index (χ1v) is 11.4. The van der Waals surface area contributed by atoms with Gasteiger partial charge in [-0.05, 0) is 75.8 Å². The largest absolute Gasteiger partial charge is 0.497 e. The predicted molar refractivity (Wildman–Crippen MR) is 118 cm³/mol. The van der Waals surface area contributed by atoms with E-state index in [4.69, 9.17) is 4.74 Å². The molecule has 2 aromatic carbocycles. The number of likely N-dealkylation sites (tertiary alicyclic amines) is 1. The maximum Gasteiger partial charge on any atom is 0.261 e. The van der Waals surface area contributed by atoms with E-state index in [-0.39, 0.29) is 10.8 Å². The molecule has 1 saturated heterocycles. The van der Waals surface area contributed by atoms with Crippen LogP contribution in [0, 0.1) is 6.92 Å². The Morgan fingerprint density at radius 2 is 1.73 bits per heavy atom. The number of aryl methyl sites for hydroxylation is 1. The standard InChI is InChI=1S/C22H29N3O4S/c1-16-5-10-20(30(27,28)23-17-6-8-19(29-4)9-7-17)15-21(16)22(26)25-13-11-18(12-14-25)24(2)3/h5-10,15,18,23H,11-14H2,1-4H3. The maximum atomic E-state index is 13.1. The second-order valence-electron chi connectivity index (χ2n) is 7.80. The Kier molecular flexibility index (Phi) is 6.67. The molecule has 162 valence electrons. The van der Waals surface area contributed by atoms with Crippen LogP contribution < -0.4 is 9.46 Å². The fourth-order valence-electron chi connectivity index (χ4n) is 3.63. The number of nitrogens with zero attached hydrogens (tertiary/aromatic N) is 2. The third-order valence-electron chi connectivity index (χ3n) is 5.57. The van der Waals surface area contributed by atoms with Gasteiger partial charge in [-0.1, -0.05) is 6.07 Å². The van der Waals surface area contributed by atoms with Crippen LogP contribution in [0.2, 0.25) is 0 Å². The van der Waals surface area contributed by atoms with Crippen molar-refractivity contribution in [3.63, 3.8) is 0 Å². The second kappa shape index (κ2) is 9.06. The highest BCUT2D eigenvalue weighted by molar-refractivity contribution is 7.92. The highest BCUT2D eigenvalue weighted by Gasteiger charge is 2.26. The lowest BCUT2D eigenvalue weighted by atomic mass is 10.0. The van der Waals surface area contributed by atoms with Crippen molar-refractivity contribution in [2.45, 2.75) is 30.7 Å². The number of methoxy groups -OCH3 is 1. The molecule has 7 nitrogen and oxygen atoms in total. The lowest BCUT2D eigenvalue weighted by molar-refractivity contribution is 0.0662. The molecule has 0 saturated carbocycles. The number of amides is 1. The number of benzene rings is 2. The SMILES string of the molecule is COc1ccc(NS(=O)(=O)c2ccc(C)c(C(=O)N3CCC(N(C)C)CC3)c2)cc1. The normalized spacial score (nSPS) is 15.3. The number of hydrogen-bond donors (Lipinski definition) is 1. The van der Waals surface area contributed by atoms with Crippen LogP contribution in [-0.2, 0) is 10.0 Å². The van der Waals surface area contributed by atoms with E-state index in [1.54, 1.807) is 37.4 Å². The van der Waals surface area contributed by atoms with Crippen molar-refractivity contribution in [1.29, 1.82) is 0 Å². The van der Waals surface area contributed by atoms with Gasteiger partial charge in [0, 0.05) is 30.4 Å². The van der Waals surface area contributed by atoms with Gasteiger partial charge in [0.2, 0.25) is 0 Å². The Hall–Kier alpha value is -2.58. The van der Waals surface area contributed by atoms with Gasteiger partial charge in [-0.25, -0.2) is 8.42 Å². The van der Waals surface area contributed by atoms with Crippen molar-refractivity contribution in [3.05, 3.63) is 53.6 Å². The summed E-state index contributed by atoms with van der Waals surface area (Å²) in [6, 6.07) is 11.8. The zero-order valence-electron chi connectivity index (χ0n) is 17.9. The van der Waals surface area contributed by atoms with Gasteiger partial charge in [0.1, 0.15) is 5.75 Å². The number of hydrogen-bond acceptors (Lipinski definition) is 5. The van der Waals surface area contributed by atoms with Crippen LogP contribution in [0.25, 0.3) is 0 Å². The summed E-state index contributed by atoms with van der Waals surface area (Å²) in [7, 11) is 1.83. The number of sulfonamides is 1. The van der Waals surface area contributed by atoms with Crippen LogP contribution in [0.1, 0.15) is 28.8 Å².